The molecule has 0 fully saturated rings. The highest BCUT2D eigenvalue weighted by molar-refractivity contribution is 6.07. The van der Waals surface area contributed by atoms with Crippen LogP contribution in [0.3, 0.4) is 0 Å². The monoisotopic (exact) mass is 210 g/mol. The number of rotatable bonds is 3. The van der Waals surface area contributed by atoms with E-state index in [2.05, 4.69) is 13.2 Å². The van der Waals surface area contributed by atoms with Crippen molar-refractivity contribution < 1.29 is 14.7 Å². The van der Waals surface area contributed by atoms with E-state index < -0.39 is 5.97 Å². The van der Waals surface area contributed by atoms with Crippen LogP contribution >= 0.6 is 0 Å². The highest BCUT2D eigenvalue weighted by atomic mass is 16.4. The molecule has 0 aliphatic heterocycles. The molecule has 3 heteroatoms. The summed E-state index contributed by atoms with van der Waals surface area (Å²) in [5, 5.41) is 8.36. The van der Waals surface area contributed by atoms with E-state index >= 15 is 0 Å². The zero-order valence-corrected chi connectivity index (χ0v) is 9.76. The maximum atomic E-state index is 10.8. The van der Waals surface area contributed by atoms with Crippen molar-refractivity contribution in [2.75, 3.05) is 0 Å². The van der Waals surface area contributed by atoms with Crippen molar-refractivity contribution in [3.05, 3.63) is 36.0 Å². The van der Waals surface area contributed by atoms with Gasteiger partial charge in [-0.3, -0.25) is 4.79 Å². The average Bonchev–Trinajstić information content (AvgIpc) is 2.02. The fourth-order valence-electron chi connectivity index (χ4n) is 0.382. The van der Waals surface area contributed by atoms with Crippen LogP contribution in [-0.2, 0) is 9.59 Å². The van der Waals surface area contributed by atoms with Gasteiger partial charge in [0.05, 0.1) is 0 Å². The highest BCUT2D eigenvalue weighted by Gasteiger charge is 2.03. The van der Waals surface area contributed by atoms with Crippen LogP contribution in [0.15, 0.2) is 36.0 Å². The van der Waals surface area contributed by atoms with Crippen molar-refractivity contribution in [2.45, 2.75) is 27.7 Å². The second-order valence-corrected chi connectivity index (χ2v) is 3.48. The second-order valence-electron chi connectivity index (χ2n) is 3.48. The van der Waals surface area contributed by atoms with Gasteiger partial charge in [0.25, 0.3) is 0 Å². The van der Waals surface area contributed by atoms with Gasteiger partial charge in [-0.05, 0) is 39.3 Å². The molecule has 0 bridgehead atoms. The Kier molecular flexibility index (Phi) is 8.16. The lowest BCUT2D eigenvalue weighted by atomic mass is 10.1. The van der Waals surface area contributed by atoms with Crippen LogP contribution in [0.1, 0.15) is 27.7 Å². The third-order valence-electron chi connectivity index (χ3n) is 1.11. The molecule has 0 aromatic carbocycles. The maximum absolute atomic E-state index is 10.8. The summed E-state index contributed by atoms with van der Waals surface area (Å²) >= 11 is 0. The van der Waals surface area contributed by atoms with Crippen LogP contribution in [0, 0.1) is 0 Å². The van der Waals surface area contributed by atoms with Gasteiger partial charge in [0.2, 0.25) is 0 Å². The van der Waals surface area contributed by atoms with E-state index in [4.69, 9.17) is 5.11 Å². The Labute approximate surface area is 90.8 Å². The number of carbonyl (C=O) groups is 2. The van der Waals surface area contributed by atoms with E-state index in [1.54, 1.807) is 0 Å². The van der Waals surface area contributed by atoms with E-state index in [1.807, 2.05) is 13.8 Å². The van der Waals surface area contributed by atoms with Gasteiger partial charge in [0.15, 0.2) is 5.78 Å². The molecule has 84 valence electrons. The lowest BCUT2D eigenvalue weighted by Crippen LogP contribution is -2.01. The zero-order valence-electron chi connectivity index (χ0n) is 9.76. The standard InChI is InChI=1S/C8H10O3.C4H8/c1-5(2)7(9)4-6(3)8(10)11;1-4(2)3/h4H,1H2,2-3H3,(H,10,11);1H2,2-3H3. The first kappa shape index (κ1) is 15.8. The van der Waals surface area contributed by atoms with Crippen molar-refractivity contribution in [3.8, 4) is 0 Å². The molecule has 0 aromatic rings. The van der Waals surface area contributed by atoms with E-state index in [-0.39, 0.29) is 11.4 Å². The van der Waals surface area contributed by atoms with Crippen LogP contribution in [0.5, 0.6) is 0 Å². The molecule has 0 spiro atoms. The Morgan fingerprint density at radius 3 is 1.60 bits per heavy atom. The molecule has 1 N–H and O–H groups in total. The Balaban J connectivity index is 0. The van der Waals surface area contributed by atoms with Crippen molar-refractivity contribution in [1.29, 1.82) is 0 Å². The molecular weight excluding hydrogens is 192 g/mol. The molecule has 0 saturated heterocycles. The van der Waals surface area contributed by atoms with Gasteiger partial charge in [-0.15, -0.1) is 6.58 Å². The Bertz CT molecular complexity index is 305. The fourth-order valence-corrected chi connectivity index (χ4v) is 0.382. The molecule has 0 rings (SSSR count). The molecular formula is C12H18O3. The van der Waals surface area contributed by atoms with Gasteiger partial charge in [-0.25, -0.2) is 4.79 Å². The van der Waals surface area contributed by atoms with Crippen LogP contribution in [0.25, 0.3) is 0 Å². The number of carboxylic acids is 1. The number of hydrogen-bond acceptors (Lipinski definition) is 2. The Hall–Kier alpha value is -1.64. The van der Waals surface area contributed by atoms with Crippen molar-refractivity contribution in [3.63, 3.8) is 0 Å². The molecule has 0 amide bonds. The summed E-state index contributed by atoms with van der Waals surface area (Å²) < 4.78 is 0. The molecule has 3 nitrogen and oxygen atoms in total. The van der Waals surface area contributed by atoms with E-state index in [9.17, 15) is 9.59 Å². The van der Waals surface area contributed by atoms with E-state index in [0.29, 0.717) is 5.57 Å². The van der Waals surface area contributed by atoms with Gasteiger partial charge in [-0.1, -0.05) is 12.2 Å². The second kappa shape index (κ2) is 7.74. The fraction of sp³-hybridized carbons (Fsp3) is 0.333. The lowest BCUT2D eigenvalue weighted by molar-refractivity contribution is -0.132. The zero-order chi connectivity index (χ0) is 12.6. The number of hydrogen-bond donors (Lipinski definition) is 1. The summed E-state index contributed by atoms with van der Waals surface area (Å²) in [6.45, 7) is 13.8. The first-order chi connectivity index (χ1) is 6.68. The summed E-state index contributed by atoms with van der Waals surface area (Å²) in [7, 11) is 0. The molecule has 0 aromatic heterocycles. The largest absolute Gasteiger partial charge is 0.478 e. The number of carboxylic acid groups (broad SMARTS) is 1. The number of aliphatic carboxylic acids is 1. The molecule has 0 unspecified atom stereocenters. The Morgan fingerprint density at radius 2 is 1.40 bits per heavy atom. The molecule has 0 heterocycles. The van der Waals surface area contributed by atoms with E-state index in [0.717, 1.165) is 6.08 Å². The SMILES string of the molecule is C=C(C)C.C=C(C)C(=O)C=C(C)C(=O)O. The minimum Gasteiger partial charge on any atom is -0.478 e. The average molecular weight is 210 g/mol. The number of allylic oxidation sites excluding steroid dienone is 3. The molecule has 0 radical (unpaired) electrons. The minimum atomic E-state index is -1.08. The van der Waals surface area contributed by atoms with Crippen molar-refractivity contribution in [2.24, 2.45) is 0 Å². The number of ketones is 1. The maximum Gasteiger partial charge on any atom is 0.331 e. The van der Waals surface area contributed by atoms with Gasteiger partial charge < -0.3 is 5.11 Å². The predicted octanol–water partition coefficient (Wildman–Crippen LogP) is 2.74. The smallest absolute Gasteiger partial charge is 0.331 e. The van der Waals surface area contributed by atoms with Gasteiger partial charge in [0, 0.05) is 5.57 Å². The van der Waals surface area contributed by atoms with E-state index in [1.165, 1.54) is 19.4 Å². The topological polar surface area (TPSA) is 54.4 Å². The van der Waals surface area contributed by atoms with Gasteiger partial charge in [-0.2, -0.15) is 0 Å². The van der Waals surface area contributed by atoms with Crippen molar-refractivity contribution in [1.82, 2.24) is 0 Å². The first-order valence-corrected chi connectivity index (χ1v) is 4.42. The highest BCUT2D eigenvalue weighted by Crippen LogP contribution is 1.97. The summed E-state index contributed by atoms with van der Waals surface area (Å²) in [6, 6.07) is 0. The molecule has 0 aliphatic rings. The predicted molar refractivity (Wildman–Crippen MR) is 61.7 cm³/mol. The van der Waals surface area contributed by atoms with Crippen molar-refractivity contribution >= 4 is 11.8 Å². The van der Waals surface area contributed by atoms with Crippen LogP contribution < -0.4 is 0 Å². The van der Waals surface area contributed by atoms with Gasteiger partial charge in [0.1, 0.15) is 0 Å². The molecule has 0 atom stereocenters. The molecule has 0 saturated carbocycles. The lowest BCUT2D eigenvalue weighted by Gasteiger charge is -1.92. The minimum absolute atomic E-state index is 0.0259. The third kappa shape index (κ3) is 12.4. The Morgan fingerprint density at radius 1 is 1.07 bits per heavy atom. The normalized spacial score (nSPS) is 9.73. The summed E-state index contributed by atoms with van der Waals surface area (Å²) in [6.07, 6.45) is 1.06. The van der Waals surface area contributed by atoms with Crippen LogP contribution in [-0.4, -0.2) is 16.9 Å². The van der Waals surface area contributed by atoms with Crippen LogP contribution in [0.2, 0.25) is 0 Å². The first-order valence-electron chi connectivity index (χ1n) is 4.42. The molecule has 0 aliphatic carbocycles. The van der Waals surface area contributed by atoms with Crippen LogP contribution in [0.4, 0.5) is 0 Å². The molecule has 15 heavy (non-hydrogen) atoms. The summed E-state index contributed by atoms with van der Waals surface area (Å²) in [4.78, 5) is 21.0. The quantitative estimate of drug-likeness (QED) is 0.575. The summed E-state index contributed by atoms with van der Waals surface area (Å²) in [5.41, 5.74) is 1.53. The number of carbonyl (C=O) groups excluding carboxylic acids is 1. The van der Waals surface area contributed by atoms with Gasteiger partial charge >= 0.3 is 5.97 Å². The third-order valence-corrected chi connectivity index (χ3v) is 1.11. The summed E-state index contributed by atoms with van der Waals surface area (Å²) in [5.74, 6) is -1.43.